The monoisotopic (exact) mass is 502 g/mol. The van der Waals surface area contributed by atoms with E-state index in [0.29, 0.717) is 26.0 Å². The van der Waals surface area contributed by atoms with E-state index in [9.17, 15) is 18.8 Å². The summed E-state index contributed by atoms with van der Waals surface area (Å²) in [7, 11) is 1.33. The second-order valence-electron chi connectivity index (χ2n) is 6.94. The number of hydrogen-bond donors (Lipinski definition) is 2. The first-order chi connectivity index (χ1) is 15.8. The molecular weight excluding hydrogens is 491 g/mol. The molecule has 0 unspecified atom stereocenters. The molecule has 1 aromatic carbocycles. The maximum Gasteiger partial charge on any atom is 0.333 e. The van der Waals surface area contributed by atoms with E-state index in [-0.39, 0.29) is 26.0 Å². The highest BCUT2D eigenvalue weighted by Gasteiger charge is 2.19. The molecule has 0 aliphatic heterocycles. The molecule has 0 aliphatic rings. The number of aromatic amines is 1. The minimum Gasteiger partial charge on any atom is -0.494 e. The predicted molar refractivity (Wildman–Crippen MR) is 127 cm³/mol. The zero-order valence-corrected chi connectivity index (χ0v) is 19.0. The van der Waals surface area contributed by atoms with Crippen molar-refractivity contribution >= 4 is 60.5 Å². The molecule has 5 rings (SSSR count). The minimum atomic E-state index is -0.678. The van der Waals surface area contributed by atoms with Crippen LogP contribution in [0, 0.1) is 5.82 Å². The Labute approximate surface area is 196 Å². The highest BCUT2D eigenvalue weighted by Crippen LogP contribution is 2.38. The van der Waals surface area contributed by atoms with Gasteiger partial charge in [0.25, 0.3) is 11.5 Å². The second-order valence-corrected chi connectivity index (χ2v) is 9.45. The Bertz CT molecular complexity index is 1720. The summed E-state index contributed by atoms with van der Waals surface area (Å²) in [6, 6.07) is 5.71. The first-order valence-electron chi connectivity index (χ1n) is 9.28. The molecule has 0 aliphatic carbocycles. The number of methoxy groups -OCH3 is 1. The number of benzene rings is 1. The number of ether oxygens (including phenoxy) is 1. The molecular formula is C21H12ClFN4O4S2. The number of thiophene rings is 2. The predicted octanol–water partition coefficient (Wildman–Crippen LogP) is 3.92. The first-order valence-corrected chi connectivity index (χ1v) is 11.3. The SMILES string of the molecule is COc1cc(-c2cc3[nH]c(=O)n(-c4cncc5cc(C(N)=O)sc45)c(=O)c3s2)c(Cl)cc1F. The molecule has 4 heterocycles. The topological polar surface area (TPSA) is 120 Å². The van der Waals surface area contributed by atoms with Crippen molar-refractivity contribution in [2.75, 3.05) is 7.11 Å². The van der Waals surface area contributed by atoms with Crippen LogP contribution in [0.5, 0.6) is 5.75 Å². The Balaban J connectivity index is 1.75. The number of halogens is 2. The quantitative estimate of drug-likeness (QED) is 0.386. The molecule has 33 heavy (non-hydrogen) atoms. The van der Waals surface area contributed by atoms with Gasteiger partial charge >= 0.3 is 5.69 Å². The van der Waals surface area contributed by atoms with Crippen LogP contribution in [0.3, 0.4) is 0 Å². The lowest BCUT2D eigenvalue weighted by atomic mass is 10.1. The van der Waals surface area contributed by atoms with Gasteiger partial charge in [-0.25, -0.2) is 13.8 Å². The van der Waals surface area contributed by atoms with Crippen LogP contribution in [0.1, 0.15) is 9.67 Å². The standard InChI is InChI=1S/C21H12ClFN4O4S2/c1-31-14-3-9(10(22)4-11(14)23)15-5-12-18(32-15)20(29)27(21(30)26-12)13-7-25-6-8-2-16(19(24)28)33-17(8)13/h2-7H,1H3,(H2,24,28)(H,26,30). The van der Waals surface area contributed by atoms with Crippen molar-refractivity contribution in [3.8, 4) is 21.9 Å². The maximum atomic E-state index is 13.9. The Hall–Kier alpha value is -3.54. The third-order valence-electron chi connectivity index (χ3n) is 4.97. The number of amides is 1. The number of fused-ring (bicyclic) bond motifs is 2. The molecule has 1 amide bonds. The summed E-state index contributed by atoms with van der Waals surface area (Å²) in [5.74, 6) is -1.23. The van der Waals surface area contributed by atoms with Gasteiger partial charge < -0.3 is 15.5 Å². The number of nitrogens with one attached hydrogen (secondary N) is 1. The lowest BCUT2D eigenvalue weighted by molar-refractivity contribution is 0.100. The van der Waals surface area contributed by atoms with Crippen molar-refractivity contribution in [3.63, 3.8) is 0 Å². The van der Waals surface area contributed by atoms with Gasteiger partial charge in [-0.15, -0.1) is 22.7 Å². The van der Waals surface area contributed by atoms with Crippen molar-refractivity contribution in [3.05, 3.63) is 73.2 Å². The average Bonchev–Trinajstić information content (AvgIpc) is 3.39. The summed E-state index contributed by atoms with van der Waals surface area (Å²) in [4.78, 5) is 45.5. The molecule has 3 N–H and O–H groups in total. The van der Waals surface area contributed by atoms with Crippen LogP contribution in [0.4, 0.5) is 4.39 Å². The van der Waals surface area contributed by atoms with E-state index in [1.54, 1.807) is 12.1 Å². The molecule has 8 nitrogen and oxygen atoms in total. The number of H-pyrrole nitrogens is 1. The summed E-state index contributed by atoms with van der Waals surface area (Å²) in [6.45, 7) is 0. The summed E-state index contributed by atoms with van der Waals surface area (Å²) in [6.07, 6.45) is 2.90. The van der Waals surface area contributed by atoms with E-state index in [1.165, 1.54) is 25.6 Å². The molecule has 0 bridgehead atoms. The minimum absolute atomic E-state index is 0.00142. The number of nitrogens with two attached hydrogens (primary N) is 1. The largest absolute Gasteiger partial charge is 0.494 e. The van der Waals surface area contributed by atoms with E-state index in [4.69, 9.17) is 22.1 Å². The second kappa shape index (κ2) is 7.80. The first kappa shape index (κ1) is 21.3. The smallest absolute Gasteiger partial charge is 0.333 e. The van der Waals surface area contributed by atoms with Gasteiger partial charge in [-0.1, -0.05) is 11.6 Å². The lowest BCUT2D eigenvalue weighted by Gasteiger charge is -2.06. The van der Waals surface area contributed by atoms with Crippen LogP contribution in [0.25, 0.3) is 36.4 Å². The van der Waals surface area contributed by atoms with E-state index >= 15 is 0 Å². The molecule has 0 atom stereocenters. The molecule has 0 radical (unpaired) electrons. The maximum absolute atomic E-state index is 13.9. The Kier molecular flexibility index (Phi) is 5.04. The fourth-order valence-electron chi connectivity index (χ4n) is 3.46. The molecule has 0 spiro atoms. The van der Waals surface area contributed by atoms with E-state index in [0.717, 1.165) is 33.3 Å². The molecule has 4 aromatic heterocycles. The van der Waals surface area contributed by atoms with Crippen LogP contribution in [-0.4, -0.2) is 27.6 Å². The molecule has 0 saturated heterocycles. The number of aromatic nitrogens is 3. The van der Waals surface area contributed by atoms with Gasteiger partial charge in [0.1, 0.15) is 4.70 Å². The lowest BCUT2D eigenvalue weighted by Crippen LogP contribution is -2.33. The number of pyridine rings is 1. The number of rotatable bonds is 4. The highest BCUT2D eigenvalue weighted by molar-refractivity contribution is 7.22. The van der Waals surface area contributed by atoms with Crippen LogP contribution in [0.15, 0.2) is 46.2 Å². The summed E-state index contributed by atoms with van der Waals surface area (Å²) in [5, 5.41) is 0.712. The third kappa shape index (κ3) is 3.41. The highest BCUT2D eigenvalue weighted by atomic mass is 35.5. The van der Waals surface area contributed by atoms with Crippen LogP contribution in [-0.2, 0) is 0 Å². The molecule has 0 fully saturated rings. The van der Waals surface area contributed by atoms with E-state index in [2.05, 4.69) is 9.97 Å². The van der Waals surface area contributed by atoms with Gasteiger partial charge in [-0.2, -0.15) is 0 Å². The van der Waals surface area contributed by atoms with Gasteiger partial charge in [0.15, 0.2) is 11.6 Å². The van der Waals surface area contributed by atoms with Crippen molar-refractivity contribution in [2.45, 2.75) is 0 Å². The summed E-state index contributed by atoms with van der Waals surface area (Å²) < 4.78 is 20.7. The Morgan fingerprint density at radius 3 is 2.70 bits per heavy atom. The van der Waals surface area contributed by atoms with Gasteiger partial charge in [-0.3, -0.25) is 14.6 Å². The van der Waals surface area contributed by atoms with Gasteiger partial charge in [0, 0.05) is 22.0 Å². The van der Waals surface area contributed by atoms with Gasteiger partial charge in [-0.05, 0) is 24.3 Å². The normalized spacial score (nSPS) is 11.4. The van der Waals surface area contributed by atoms with Crippen molar-refractivity contribution in [1.82, 2.24) is 14.5 Å². The molecule has 0 saturated carbocycles. The number of primary amides is 1. The van der Waals surface area contributed by atoms with E-state index in [1.807, 2.05) is 0 Å². The van der Waals surface area contributed by atoms with Crippen molar-refractivity contribution in [1.29, 1.82) is 0 Å². The number of carbonyl (C=O) groups is 1. The van der Waals surface area contributed by atoms with Gasteiger partial charge in [0.2, 0.25) is 0 Å². The van der Waals surface area contributed by atoms with Crippen LogP contribution >= 0.6 is 34.3 Å². The number of nitrogens with zero attached hydrogens (tertiary/aromatic N) is 2. The van der Waals surface area contributed by atoms with E-state index < -0.39 is 23.0 Å². The molecule has 166 valence electrons. The number of carbonyl (C=O) groups excluding carboxylic acids is 1. The number of hydrogen-bond acceptors (Lipinski definition) is 7. The van der Waals surface area contributed by atoms with Gasteiger partial charge in [0.05, 0.1) is 39.1 Å². The summed E-state index contributed by atoms with van der Waals surface area (Å²) in [5.41, 5.74) is 5.12. The Morgan fingerprint density at radius 2 is 1.97 bits per heavy atom. The van der Waals surface area contributed by atoms with Crippen molar-refractivity contribution < 1.29 is 13.9 Å². The fraction of sp³-hybridized carbons (Fsp3) is 0.0476. The third-order valence-corrected chi connectivity index (χ3v) is 7.63. The zero-order chi connectivity index (χ0) is 23.4. The fourth-order valence-corrected chi connectivity index (χ4v) is 5.83. The molecule has 12 heteroatoms. The van der Waals surface area contributed by atoms with Crippen LogP contribution in [0.2, 0.25) is 5.02 Å². The molecule has 5 aromatic rings. The average molecular weight is 503 g/mol. The zero-order valence-electron chi connectivity index (χ0n) is 16.6. The Morgan fingerprint density at radius 1 is 1.18 bits per heavy atom. The van der Waals surface area contributed by atoms with Crippen LogP contribution < -0.4 is 21.7 Å². The summed E-state index contributed by atoms with van der Waals surface area (Å²) >= 11 is 8.38. The van der Waals surface area contributed by atoms with Crippen molar-refractivity contribution in [2.24, 2.45) is 5.73 Å².